The maximum Gasteiger partial charge on any atom is 0.573 e. The van der Waals surface area contributed by atoms with Gasteiger partial charge in [-0.05, 0) is 31.7 Å². The van der Waals surface area contributed by atoms with Crippen LogP contribution >= 0.6 is 0 Å². The zero-order chi connectivity index (χ0) is 26.5. The number of halogens is 3. The monoisotopic (exact) mass is 523 g/mol. The molecular formula is C22H32F3N3O8. The summed E-state index contributed by atoms with van der Waals surface area (Å²) < 4.78 is 58.5. The number of nitrogens with two attached hydrogens (primary N) is 1. The predicted molar refractivity (Wildman–Crippen MR) is 116 cm³/mol. The Morgan fingerprint density at radius 2 is 1.78 bits per heavy atom. The van der Waals surface area contributed by atoms with Crippen molar-refractivity contribution in [3.05, 3.63) is 29.8 Å². The van der Waals surface area contributed by atoms with Gasteiger partial charge in [0, 0.05) is 19.5 Å². The Labute approximate surface area is 205 Å². The maximum absolute atomic E-state index is 12.4. The van der Waals surface area contributed by atoms with Gasteiger partial charge < -0.3 is 55.7 Å². The van der Waals surface area contributed by atoms with Gasteiger partial charge in [-0.2, -0.15) is 0 Å². The van der Waals surface area contributed by atoms with Crippen molar-refractivity contribution in [2.75, 3.05) is 13.6 Å². The van der Waals surface area contributed by atoms with Gasteiger partial charge in [-0.15, -0.1) is 13.2 Å². The average molecular weight is 524 g/mol. The lowest BCUT2D eigenvalue weighted by atomic mass is 9.78. The number of nitrogens with one attached hydrogen (secondary N) is 2. The van der Waals surface area contributed by atoms with Crippen molar-refractivity contribution >= 4 is 0 Å². The topological polar surface area (TPSA) is 168 Å². The normalized spacial score (nSPS) is 42.9. The molecule has 0 aromatic heterocycles. The summed E-state index contributed by atoms with van der Waals surface area (Å²) in [5, 5.41) is 50.0. The van der Waals surface area contributed by atoms with E-state index in [0.29, 0.717) is 5.56 Å². The molecule has 8 N–H and O–H groups in total. The smallest absolute Gasteiger partial charge is 0.406 e. The summed E-state index contributed by atoms with van der Waals surface area (Å²) in [6.07, 6.45) is -11.6. The summed E-state index contributed by atoms with van der Waals surface area (Å²) in [5.74, 6) is -2.74. The second kappa shape index (κ2) is 9.94. The average Bonchev–Trinajstić information content (AvgIpc) is 2.78. The highest BCUT2D eigenvalue weighted by molar-refractivity contribution is 5.27. The lowest BCUT2D eigenvalue weighted by Gasteiger charge is -2.60. The minimum atomic E-state index is -4.79. The fourth-order valence-corrected chi connectivity index (χ4v) is 5.14. The van der Waals surface area contributed by atoms with Crippen LogP contribution in [0.1, 0.15) is 18.9 Å². The third-order valence-corrected chi connectivity index (χ3v) is 6.97. The largest absolute Gasteiger partial charge is 0.573 e. The molecule has 14 heteroatoms. The zero-order valence-corrected chi connectivity index (χ0v) is 19.7. The summed E-state index contributed by atoms with van der Waals surface area (Å²) in [7, 11) is 1.55. The zero-order valence-electron chi connectivity index (χ0n) is 19.7. The first-order valence-corrected chi connectivity index (χ1v) is 11.6. The number of alkyl halides is 3. The first kappa shape index (κ1) is 27.4. The number of aliphatic hydroxyl groups excluding tert-OH is 2. The van der Waals surface area contributed by atoms with E-state index in [4.69, 9.17) is 19.9 Å². The molecule has 204 valence electrons. The first-order chi connectivity index (χ1) is 16.8. The third-order valence-electron chi connectivity index (χ3n) is 6.97. The first-order valence-electron chi connectivity index (χ1n) is 11.6. The van der Waals surface area contributed by atoms with Crippen LogP contribution in [0.3, 0.4) is 0 Å². The van der Waals surface area contributed by atoms with Crippen LogP contribution in [0.4, 0.5) is 13.2 Å². The van der Waals surface area contributed by atoms with E-state index in [0.717, 1.165) is 0 Å². The molecular weight excluding hydrogens is 491 g/mol. The highest BCUT2D eigenvalue weighted by Gasteiger charge is 2.68. The second-order valence-corrected chi connectivity index (χ2v) is 9.56. The fourth-order valence-electron chi connectivity index (χ4n) is 5.14. The van der Waals surface area contributed by atoms with Crippen molar-refractivity contribution in [1.29, 1.82) is 0 Å². The molecule has 1 unspecified atom stereocenters. The summed E-state index contributed by atoms with van der Waals surface area (Å²) in [5.41, 5.74) is 4.60. The molecule has 1 aliphatic carbocycles. The molecule has 3 fully saturated rings. The number of ether oxygens (including phenoxy) is 4. The van der Waals surface area contributed by atoms with Gasteiger partial charge in [0.1, 0.15) is 29.7 Å². The molecule has 1 aromatic rings. The third kappa shape index (κ3) is 5.07. The Bertz CT molecular complexity index is 912. The van der Waals surface area contributed by atoms with Crippen molar-refractivity contribution in [3.63, 3.8) is 0 Å². The van der Waals surface area contributed by atoms with Gasteiger partial charge in [-0.3, -0.25) is 0 Å². The number of fused-ring (bicyclic) bond motifs is 2. The van der Waals surface area contributed by atoms with Crippen molar-refractivity contribution in [3.8, 4) is 5.75 Å². The summed E-state index contributed by atoms with van der Waals surface area (Å²) in [4.78, 5) is 0. The Hall–Kier alpha value is -1.59. The molecule has 2 heterocycles. The van der Waals surface area contributed by atoms with Crippen LogP contribution in [0.15, 0.2) is 24.3 Å². The maximum atomic E-state index is 12.4. The van der Waals surface area contributed by atoms with Gasteiger partial charge >= 0.3 is 6.36 Å². The van der Waals surface area contributed by atoms with Crippen LogP contribution in [0.5, 0.6) is 5.75 Å². The van der Waals surface area contributed by atoms with E-state index >= 15 is 0 Å². The Morgan fingerprint density at radius 3 is 2.39 bits per heavy atom. The molecule has 1 saturated carbocycles. The van der Waals surface area contributed by atoms with Crippen molar-refractivity contribution in [2.24, 2.45) is 5.73 Å². The van der Waals surface area contributed by atoms with E-state index < -0.39 is 66.6 Å². The van der Waals surface area contributed by atoms with E-state index in [2.05, 4.69) is 15.4 Å². The molecule has 10 atom stereocenters. The van der Waals surface area contributed by atoms with E-state index in [9.17, 15) is 33.6 Å². The minimum absolute atomic E-state index is 0.0546. The highest BCUT2D eigenvalue weighted by Crippen LogP contribution is 2.46. The van der Waals surface area contributed by atoms with Gasteiger partial charge in [0.05, 0.1) is 24.3 Å². The lowest BCUT2D eigenvalue weighted by Crippen LogP contribution is -2.81. The fraction of sp³-hybridized carbons (Fsp3) is 0.727. The quantitative estimate of drug-likeness (QED) is 0.236. The molecule has 3 aliphatic rings. The van der Waals surface area contributed by atoms with Crippen LogP contribution in [-0.2, 0) is 20.8 Å². The van der Waals surface area contributed by atoms with Gasteiger partial charge in [0.15, 0.2) is 0 Å². The number of benzene rings is 1. The number of hydrogen-bond acceptors (Lipinski definition) is 11. The molecule has 0 amide bonds. The molecule has 36 heavy (non-hydrogen) atoms. The summed E-state index contributed by atoms with van der Waals surface area (Å²) in [6.45, 7) is 1.61. The summed E-state index contributed by atoms with van der Waals surface area (Å²) >= 11 is 0. The molecule has 11 nitrogen and oxygen atoms in total. The van der Waals surface area contributed by atoms with E-state index in [-0.39, 0.29) is 25.3 Å². The standard InChI is InChI=1S/C22H32F3N3O8/c1-10-7-20(31,9-28-8-11-3-5-12(6-4-11)35-22(23,24)25)21(32)19(33-10)34-18-16(30)13(26)15(29)14(27-2)17(18)36-21/h3-6,10,13-19,27-32H,7-9,26H2,1-2H3/t10-,13-,14+,15+,16+,17-,18?,19+,20-,21-/m1/s1. The van der Waals surface area contributed by atoms with Crippen LogP contribution in [0, 0.1) is 0 Å². The van der Waals surface area contributed by atoms with Crippen molar-refractivity contribution in [1.82, 2.24) is 10.6 Å². The molecule has 2 aliphatic heterocycles. The molecule has 2 saturated heterocycles. The molecule has 4 rings (SSSR count). The van der Waals surface area contributed by atoms with E-state index in [1.165, 1.54) is 24.3 Å². The summed E-state index contributed by atoms with van der Waals surface area (Å²) in [6, 6.07) is 3.32. The Balaban J connectivity index is 1.48. The van der Waals surface area contributed by atoms with Crippen molar-refractivity contribution < 1.29 is 52.5 Å². The van der Waals surface area contributed by atoms with Gasteiger partial charge in [0.2, 0.25) is 12.1 Å². The van der Waals surface area contributed by atoms with E-state index in [1.54, 1.807) is 14.0 Å². The molecule has 1 aromatic carbocycles. The Morgan fingerprint density at radius 1 is 1.11 bits per heavy atom. The molecule has 0 bridgehead atoms. The van der Waals surface area contributed by atoms with Crippen LogP contribution in [0.25, 0.3) is 0 Å². The lowest BCUT2D eigenvalue weighted by molar-refractivity contribution is -0.481. The number of hydrogen-bond donors (Lipinski definition) is 7. The molecule has 0 spiro atoms. The number of rotatable bonds is 6. The van der Waals surface area contributed by atoms with Crippen LogP contribution in [0.2, 0.25) is 0 Å². The van der Waals surface area contributed by atoms with Gasteiger partial charge in [-0.25, -0.2) is 0 Å². The van der Waals surface area contributed by atoms with E-state index in [1.807, 2.05) is 0 Å². The van der Waals surface area contributed by atoms with Crippen molar-refractivity contribution in [2.45, 2.75) is 86.5 Å². The van der Waals surface area contributed by atoms with Gasteiger partial charge in [0.25, 0.3) is 0 Å². The predicted octanol–water partition coefficient (Wildman–Crippen LogP) is -1.34. The Kier molecular flexibility index (Phi) is 7.58. The SMILES string of the molecule is CN[C@H]1[C@@H](O)[C@@H](N)[C@H](O)C2O[C@@H]3O[C@H](C)C[C@@](O)(CNCc4ccc(OC(F)(F)F)cc4)[C@]3(O)O[C@@H]21. The highest BCUT2D eigenvalue weighted by atomic mass is 19.4. The van der Waals surface area contributed by atoms with Crippen LogP contribution in [-0.4, -0.2) is 101 Å². The van der Waals surface area contributed by atoms with Crippen LogP contribution < -0.4 is 21.1 Å². The number of aliphatic hydroxyl groups is 4. The van der Waals surface area contributed by atoms with Gasteiger partial charge in [-0.1, -0.05) is 12.1 Å². The number of likely N-dealkylation sites (N-methyl/N-ethyl adjacent to an activating group) is 1. The minimum Gasteiger partial charge on any atom is -0.406 e. The second-order valence-electron chi connectivity index (χ2n) is 9.56. The molecule has 0 radical (unpaired) electrons.